The van der Waals surface area contributed by atoms with Gasteiger partial charge in [0, 0.05) is 11.5 Å². The summed E-state index contributed by atoms with van der Waals surface area (Å²) in [5.74, 6) is -1.28. The summed E-state index contributed by atoms with van der Waals surface area (Å²) in [6.45, 7) is 14.5. The lowest BCUT2D eigenvalue weighted by molar-refractivity contribution is -0.896. The maximum Gasteiger partial charge on any atom is 0.333 e. The predicted octanol–water partition coefficient (Wildman–Crippen LogP) is -0.823. The lowest BCUT2D eigenvalue weighted by atomic mass is 10.4. The van der Waals surface area contributed by atoms with Crippen molar-refractivity contribution < 1.29 is 24.3 Å². The van der Waals surface area contributed by atoms with E-state index in [1.807, 2.05) is 0 Å². The molecule has 5 heteroatoms. The van der Waals surface area contributed by atoms with Crippen molar-refractivity contribution in [1.82, 2.24) is 0 Å². The first-order valence-electron chi connectivity index (χ1n) is 6.24. The van der Waals surface area contributed by atoms with Gasteiger partial charge in [-0.25, -0.2) is 4.79 Å². The zero-order valence-electron chi connectivity index (χ0n) is 11.9. The average Bonchev–Trinajstić information content (AvgIpc) is 2.34. The quantitative estimate of drug-likeness (QED) is 0.479. The fourth-order valence-electron chi connectivity index (χ4n) is 1.01. The number of esters is 1. The summed E-state index contributed by atoms with van der Waals surface area (Å²) in [5.41, 5.74) is 0.467. The van der Waals surface area contributed by atoms with Gasteiger partial charge in [0.2, 0.25) is 0 Å². The topological polar surface area (TPSA) is 70.9 Å². The Bertz CT molecular complexity index is 260. The molecule has 0 heterocycles. The molecule has 106 valence electrons. The van der Waals surface area contributed by atoms with Crippen LogP contribution < -0.4 is 10.0 Å². The van der Waals surface area contributed by atoms with E-state index in [9.17, 15) is 14.7 Å². The third-order valence-electron chi connectivity index (χ3n) is 2.33. The number of ether oxygens (including phenoxy) is 1. The van der Waals surface area contributed by atoms with Gasteiger partial charge in [-0.05, 0) is 27.2 Å². The van der Waals surface area contributed by atoms with Crippen LogP contribution in [0.15, 0.2) is 12.2 Å². The van der Waals surface area contributed by atoms with Crippen molar-refractivity contribution in [3.8, 4) is 0 Å². The van der Waals surface area contributed by atoms with Crippen molar-refractivity contribution in [3.63, 3.8) is 0 Å². The molecule has 0 aromatic carbocycles. The Hall–Kier alpha value is -1.36. The van der Waals surface area contributed by atoms with Gasteiger partial charge in [-0.3, -0.25) is 0 Å². The number of hydrogen-bond donors (Lipinski definition) is 1. The smallest absolute Gasteiger partial charge is 0.333 e. The van der Waals surface area contributed by atoms with Crippen molar-refractivity contribution in [3.05, 3.63) is 12.2 Å². The molecule has 0 bridgehead atoms. The van der Waals surface area contributed by atoms with Gasteiger partial charge in [0.1, 0.15) is 13.2 Å². The summed E-state index contributed by atoms with van der Waals surface area (Å²) in [6.07, 6.45) is 0.111. The molecule has 5 nitrogen and oxygen atoms in total. The summed E-state index contributed by atoms with van der Waals surface area (Å²) in [6, 6.07) is 0. The average molecular weight is 259 g/mol. The monoisotopic (exact) mass is 259 g/mol. The van der Waals surface area contributed by atoms with Gasteiger partial charge in [-0.2, -0.15) is 0 Å². The number of carbonyl (C=O) groups is 2. The van der Waals surface area contributed by atoms with Crippen LogP contribution in [0.4, 0.5) is 0 Å². The molecule has 0 aromatic rings. The highest BCUT2D eigenvalue weighted by atomic mass is 16.5. The number of carboxylic acid groups (broad SMARTS) is 1. The molecule has 18 heavy (non-hydrogen) atoms. The fraction of sp³-hybridized carbons (Fsp3) is 0.692. The normalized spacial score (nSPS) is 9.39. The van der Waals surface area contributed by atoms with E-state index in [4.69, 9.17) is 4.74 Å². The number of likely N-dealkylation sites (N-methyl/N-ethyl adjacent to an activating group) is 1. The van der Waals surface area contributed by atoms with Crippen molar-refractivity contribution in [1.29, 1.82) is 0 Å². The van der Waals surface area contributed by atoms with Gasteiger partial charge in [0.15, 0.2) is 0 Å². The standard InChI is InChI=1S/C10H19NO2.C3H6O2/c1-5-11(6-2)7-8-13-10(12)9(3)4;1-2-3(4)5/h3,5-8H2,1-2,4H3;2H2,1H3,(H,4,5). The highest BCUT2D eigenvalue weighted by molar-refractivity contribution is 5.86. The van der Waals surface area contributed by atoms with Gasteiger partial charge < -0.3 is 19.5 Å². The van der Waals surface area contributed by atoms with Crippen LogP contribution >= 0.6 is 0 Å². The highest BCUT2D eigenvalue weighted by Gasteiger charge is 2.06. The molecule has 0 atom stereocenters. The first kappa shape index (κ1) is 19.0. The van der Waals surface area contributed by atoms with Crippen LogP contribution in [0.25, 0.3) is 0 Å². The van der Waals surface area contributed by atoms with E-state index in [0.29, 0.717) is 12.2 Å². The molecule has 0 saturated heterocycles. The van der Waals surface area contributed by atoms with E-state index in [2.05, 4.69) is 20.4 Å². The van der Waals surface area contributed by atoms with Gasteiger partial charge in [-0.15, -0.1) is 0 Å². The lowest BCUT2D eigenvalue weighted by Crippen LogP contribution is -3.11. The van der Waals surface area contributed by atoms with Crippen LogP contribution in [0.2, 0.25) is 0 Å². The first-order chi connectivity index (χ1) is 8.38. The molecule has 0 radical (unpaired) electrons. The van der Waals surface area contributed by atoms with Crippen molar-refractivity contribution >= 4 is 11.9 Å². The maximum absolute atomic E-state index is 11.0. The largest absolute Gasteiger partial charge is 0.550 e. The number of carbonyl (C=O) groups excluding carboxylic acids is 2. The Morgan fingerprint density at radius 2 is 1.67 bits per heavy atom. The van der Waals surface area contributed by atoms with E-state index >= 15 is 0 Å². The molecular weight excluding hydrogens is 234 g/mol. The van der Waals surface area contributed by atoms with Gasteiger partial charge in [0.05, 0.1) is 13.1 Å². The molecule has 0 aliphatic rings. The van der Waals surface area contributed by atoms with Gasteiger partial charge in [-0.1, -0.05) is 13.5 Å². The second kappa shape index (κ2) is 12.1. The highest BCUT2D eigenvalue weighted by Crippen LogP contribution is 1.89. The Morgan fingerprint density at radius 3 is 1.94 bits per heavy atom. The lowest BCUT2D eigenvalue weighted by Gasteiger charge is -2.14. The Labute approximate surface area is 109 Å². The van der Waals surface area contributed by atoms with Crippen LogP contribution in [0.5, 0.6) is 0 Å². The van der Waals surface area contributed by atoms with Crippen molar-refractivity contribution in [2.24, 2.45) is 0 Å². The van der Waals surface area contributed by atoms with Gasteiger partial charge in [0.25, 0.3) is 0 Å². The van der Waals surface area contributed by atoms with Crippen molar-refractivity contribution in [2.75, 3.05) is 26.2 Å². The minimum Gasteiger partial charge on any atom is -0.550 e. The molecule has 0 fully saturated rings. The van der Waals surface area contributed by atoms with Crippen LogP contribution in [-0.2, 0) is 14.3 Å². The Balaban J connectivity index is 0. The Morgan fingerprint density at radius 1 is 1.22 bits per heavy atom. The number of nitrogens with one attached hydrogen (secondary N) is 1. The summed E-state index contributed by atoms with van der Waals surface area (Å²) >= 11 is 0. The van der Waals surface area contributed by atoms with Crippen LogP contribution in [0.3, 0.4) is 0 Å². The van der Waals surface area contributed by atoms with E-state index in [0.717, 1.165) is 19.6 Å². The zero-order chi connectivity index (χ0) is 14.6. The number of quaternary nitrogens is 1. The van der Waals surface area contributed by atoms with Gasteiger partial charge >= 0.3 is 5.97 Å². The number of aliphatic carboxylic acids is 1. The molecule has 1 N–H and O–H groups in total. The summed E-state index contributed by atoms with van der Waals surface area (Å²) < 4.78 is 4.98. The van der Waals surface area contributed by atoms with Crippen molar-refractivity contribution in [2.45, 2.75) is 34.1 Å². The maximum atomic E-state index is 11.0. The zero-order valence-corrected chi connectivity index (χ0v) is 11.9. The molecule has 0 aliphatic heterocycles. The third-order valence-corrected chi connectivity index (χ3v) is 2.33. The fourth-order valence-corrected chi connectivity index (χ4v) is 1.01. The summed E-state index contributed by atoms with van der Waals surface area (Å²) in [5, 5.41) is 9.26. The minimum atomic E-state index is -0.995. The molecule has 0 aromatic heterocycles. The number of carboxylic acids is 1. The second-order valence-corrected chi connectivity index (χ2v) is 3.85. The number of hydrogen-bond acceptors (Lipinski definition) is 4. The van der Waals surface area contributed by atoms with Crippen LogP contribution in [-0.4, -0.2) is 38.2 Å². The molecule has 0 spiro atoms. The van der Waals surface area contributed by atoms with E-state index < -0.39 is 5.97 Å². The third kappa shape index (κ3) is 12.7. The summed E-state index contributed by atoms with van der Waals surface area (Å²) in [4.78, 5) is 21.7. The number of rotatable bonds is 7. The van der Waals surface area contributed by atoms with E-state index in [-0.39, 0.29) is 12.4 Å². The molecule has 0 aliphatic carbocycles. The molecular formula is C13H25NO4. The molecule has 0 rings (SSSR count). The SMILES string of the molecule is C=C(C)C(=O)OCC[NH+](CC)CC.CCC(=O)[O-]. The first-order valence-corrected chi connectivity index (χ1v) is 6.24. The molecule has 0 unspecified atom stereocenters. The Kier molecular flexibility index (Phi) is 12.8. The van der Waals surface area contributed by atoms with Crippen LogP contribution in [0, 0.1) is 0 Å². The predicted molar refractivity (Wildman–Crippen MR) is 68.0 cm³/mol. The minimum absolute atomic E-state index is 0.111. The second-order valence-electron chi connectivity index (χ2n) is 3.85. The van der Waals surface area contributed by atoms with Crippen LogP contribution in [0.1, 0.15) is 34.1 Å². The molecule has 0 amide bonds. The van der Waals surface area contributed by atoms with E-state index in [1.54, 1.807) is 6.92 Å². The molecule has 0 saturated carbocycles. The summed E-state index contributed by atoms with van der Waals surface area (Å²) in [7, 11) is 0. The van der Waals surface area contributed by atoms with E-state index in [1.165, 1.54) is 11.8 Å².